The summed E-state index contributed by atoms with van der Waals surface area (Å²) in [6, 6.07) is 0.337. The Morgan fingerprint density at radius 2 is 1.94 bits per heavy atom. The van der Waals surface area contributed by atoms with Gasteiger partial charge >= 0.3 is 0 Å². The first kappa shape index (κ1) is 15.7. The van der Waals surface area contributed by atoms with Gasteiger partial charge in [-0.15, -0.1) is 12.4 Å². The fourth-order valence-electron chi connectivity index (χ4n) is 2.28. The van der Waals surface area contributed by atoms with Gasteiger partial charge in [0.25, 0.3) is 0 Å². The van der Waals surface area contributed by atoms with E-state index < -0.39 is 0 Å². The van der Waals surface area contributed by atoms with E-state index in [0.29, 0.717) is 17.9 Å². The van der Waals surface area contributed by atoms with E-state index in [9.17, 15) is 4.79 Å². The number of piperidine rings is 1. The SMILES string of the molecule is CCN(C(=O)CC1CCNCC1)C(C)C.Cl. The topological polar surface area (TPSA) is 32.3 Å². The lowest BCUT2D eigenvalue weighted by Crippen LogP contribution is -2.39. The van der Waals surface area contributed by atoms with Crippen molar-refractivity contribution in [2.75, 3.05) is 19.6 Å². The molecule has 3 nitrogen and oxygen atoms in total. The van der Waals surface area contributed by atoms with E-state index >= 15 is 0 Å². The Balaban J connectivity index is 0.00000225. The number of hydrogen-bond donors (Lipinski definition) is 1. The minimum atomic E-state index is 0. The van der Waals surface area contributed by atoms with Crippen LogP contribution in [0, 0.1) is 5.92 Å². The summed E-state index contributed by atoms with van der Waals surface area (Å²) in [5.74, 6) is 0.936. The molecule has 0 aromatic heterocycles. The second kappa shape index (κ2) is 7.91. The molecule has 0 aromatic rings. The number of rotatable bonds is 4. The summed E-state index contributed by atoms with van der Waals surface area (Å²) < 4.78 is 0. The first-order chi connectivity index (χ1) is 7.15. The third-order valence-electron chi connectivity index (χ3n) is 3.21. The lowest BCUT2D eigenvalue weighted by Gasteiger charge is -2.29. The van der Waals surface area contributed by atoms with Crippen LogP contribution >= 0.6 is 12.4 Å². The highest BCUT2D eigenvalue weighted by Gasteiger charge is 2.21. The number of amides is 1. The largest absolute Gasteiger partial charge is 0.341 e. The molecule has 16 heavy (non-hydrogen) atoms. The van der Waals surface area contributed by atoms with Gasteiger partial charge in [0.1, 0.15) is 0 Å². The van der Waals surface area contributed by atoms with Crippen LogP contribution in [0.25, 0.3) is 0 Å². The van der Waals surface area contributed by atoms with Crippen molar-refractivity contribution in [1.82, 2.24) is 10.2 Å². The summed E-state index contributed by atoms with van der Waals surface area (Å²) in [6.45, 7) is 9.22. The molecule has 1 fully saturated rings. The molecule has 0 spiro atoms. The Morgan fingerprint density at radius 3 is 2.38 bits per heavy atom. The Kier molecular flexibility index (Phi) is 7.77. The molecular weight excluding hydrogens is 224 g/mol. The summed E-state index contributed by atoms with van der Waals surface area (Å²) >= 11 is 0. The molecule has 1 aliphatic rings. The van der Waals surface area contributed by atoms with Crippen molar-refractivity contribution in [3.8, 4) is 0 Å². The maximum absolute atomic E-state index is 12.0. The normalized spacial score (nSPS) is 17.0. The van der Waals surface area contributed by atoms with E-state index in [4.69, 9.17) is 0 Å². The van der Waals surface area contributed by atoms with Crippen molar-refractivity contribution in [2.24, 2.45) is 5.92 Å². The smallest absolute Gasteiger partial charge is 0.223 e. The van der Waals surface area contributed by atoms with Gasteiger partial charge < -0.3 is 10.2 Å². The molecule has 0 bridgehead atoms. The number of carbonyl (C=O) groups is 1. The molecular formula is C12H25ClN2O. The zero-order valence-corrected chi connectivity index (χ0v) is 11.5. The average molecular weight is 249 g/mol. The average Bonchev–Trinajstić information content (AvgIpc) is 2.19. The van der Waals surface area contributed by atoms with Crippen LogP contribution in [-0.4, -0.2) is 36.5 Å². The summed E-state index contributed by atoms with van der Waals surface area (Å²) in [5, 5.41) is 3.33. The van der Waals surface area contributed by atoms with Gasteiger partial charge in [0.05, 0.1) is 0 Å². The minimum absolute atomic E-state index is 0. The molecule has 0 aliphatic carbocycles. The summed E-state index contributed by atoms with van der Waals surface area (Å²) in [6.07, 6.45) is 3.05. The van der Waals surface area contributed by atoms with Crippen LogP contribution in [0.15, 0.2) is 0 Å². The Bertz CT molecular complexity index is 203. The predicted molar refractivity (Wildman–Crippen MR) is 70.0 cm³/mol. The fraction of sp³-hybridized carbons (Fsp3) is 0.917. The van der Waals surface area contributed by atoms with Crippen LogP contribution < -0.4 is 5.32 Å². The summed E-state index contributed by atoms with van der Waals surface area (Å²) in [7, 11) is 0. The molecule has 1 saturated heterocycles. The molecule has 1 N–H and O–H groups in total. The van der Waals surface area contributed by atoms with Gasteiger partial charge in [-0.2, -0.15) is 0 Å². The van der Waals surface area contributed by atoms with Crippen LogP contribution in [-0.2, 0) is 4.79 Å². The number of nitrogens with zero attached hydrogens (tertiary/aromatic N) is 1. The molecule has 4 heteroatoms. The summed E-state index contributed by atoms with van der Waals surface area (Å²) in [5.41, 5.74) is 0. The van der Waals surface area contributed by atoms with Crippen molar-refractivity contribution in [2.45, 2.75) is 46.1 Å². The molecule has 1 aliphatic heterocycles. The van der Waals surface area contributed by atoms with Crippen molar-refractivity contribution >= 4 is 18.3 Å². The first-order valence-corrected chi connectivity index (χ1v) is 6.15. The molecule has 0 atom stereocenters. The highest BCUT2D eigenvalue weighted by atomic mass is 35.5. The zero-order valence-electron chi connectivity index (χ0n) is 10.7. The molecule has 1 heterocycles. The molecule has 0 unspecified atom stereocenters. The molecule has 1 amide bonds. The highest BCUT2D eigenvalue weighted by molar-refractivity contribution is 5.85. The predicted octanol–water partition coefficient (Wildman–Crippen LogP) is 2.05. The Labute approximate surface area is 105 Å². The van der Waals surface area contributed by atoms with Crippen LogP contribution in [0.4, 0.5) is 0 Å². The molecule has 96 valence electrons. The van der Waals surface area contributed by atoms with Gasteiger partial charge in [-0.05, 0) is 52.6 Å². The third-order valence-corrected chi connectivity index (χ3v) is 3.21. The van der Waals surface area contributed by atoms with E-state index in [-0.39, 0.29) is 12.4 Å². The number of nitrogens with one attached hydrogen (secondary N) is 1. The lowest BCUT2D eigenvalue weighted by atomic mass is 9.94. The maximum Gasteiger partial charge on any atom is 0.223 e. The van der Waals surface area contributed by atoms with Gasteiger partial charge in [-0.3, -0.25) is 4.79 Å². The van der Waals surface area contributed by atoms with Gasteiger partial charge in [-0.1, -0.05) is 0 Å². The van der Waals surface area contributed by atoms with Crippen LogP contribution in [0.2, 0.25) is 0 Å². The van der Waals surface area contributed by atoms with Crippen LogP contribution in [0.3, 0.4) is 0 Å². The van der Waals surface area contributed by atoms with Crippen molar-refractivity contribution in [3.05, 3.63) is 0 Å². The van der Waals surface area contributed by atoms with Crippen LogP contribution in [0.1, 0.15) is 40.0 Å². The van der Waals surface area contributed by atoms with E-state index in [0.717, 1.165) is 38.9 Å². The van der Waals surface area contributed by atoms with E-state index in [2.05, 4.69) is 26.1 Å². The Morgan fingerprint density at radius 1 is 1.38 bits per heavy atom. The zero-order chi connectivity index (χ0) is 11.3. The van der Waals surface area contributed by atoms with E-state index in [1.54, 1.807) is 0 Å². The van der Waals surface area contributed by atoms with Gasteiger partial charge in [0, 0.05) is 19.0 Å². The van der Waals surface area contributed by atoms with Gasteiger partial charge in [-0.25, -0.2) is 0 Å². The van der Waals surface area contributed by atoms with Crippen LogP contribution in [0.5, 0.6) is 0 Å². The summed E-state index contributed by atoms with van der Waals surface area (Å²) in [4.78, 5) is 14.0. The second-order valence-corrected chi connectivity index (χ2v) is 4.67. The molecule has 0 radical (unpaired) electrons. The third kappa shape index (κ3) is 4.71. The maximum atomic E-state index is 12.0. The van der Waals surface area contributed by atoms with E-state index in [1.165, 1.54) is 0 Å². The Hall–Kier alpha value is -0.280. The number of hydrogen-bond acceptors (Lipinski definition) is 2. The quantitative estimate of drug-likeness (QED) is 0.826. The number of halogens is 1. The monoisotopic (exact) mass is 248 g/mol. The standard InChI is InChI=1S/C12H24N2O.ClH/c1-4-14(10(2)3)12(15)9-11-5-7-13-8-6-11;/h10-11,13H,4-9H2,1-3H3;1H. The van der Waals surface area contributed by atoms with Crippen molar-refractivity contribution < 1.29 is 4.79 Å². The van der Waals surface area contributed by atoms with Crippen molar-refractivity contribution in [3.63, 3.8) is 0 Å². The second-order valence-electron chi connectivity index (χ2n) is 4.67. The van der Waals surface area contributed by atoms with Crippen molar-refractivity contribution in [1.29, 1.82) is 0 Å². The first-order valence-electron chi connectivity index (χ1n) is 6.15. The molecule has 0 saturated carbocycles. The van der Waals surface area contributed by atoms with Gasteiger partial charge in [0.15, 0.2) is 0 Å². The number of carbonyl (C=O) groups excluding carboxylic acids is 1. The fourth-order valence-corrected chi connectivity index (χ4v) is 2.28. The molecule has 1 rings (SSSR count). The minimum Gasteiger partial charge on any atom is -0.341 e. The lowest BCUT2D eigenvalue weighted by molar-refractivity contribution is -0.133. The van der Waals surface area contributed by atoms with E-state index in [1.807, 2.05) is 4.90 Å². The highest BCUT2D eigenvalue weighted by Crippen LogP contribution is 2.17. The van der Waals surface area contributed by atoms with Gasteiger partial charge in [0.2, 0.25) is 5.91 Å². The molecule has 0 aromatic carbocycles.